The third-order valence-corrected chi connectivity index (χ3v) is 4.82. The molecule has 134 valence electrons. The number of benzene rings is 2. The number of aliphatic hydroxyl groups excluding tert-OH is 1. The van der Waals surface area contributed by atoms with Crippen LogP contribution < -0.4 is 15.8 Å². The second-order valence-corrected chi connectivity index (χ2v) is 7.00. The maximum absolute atomic E-state index is 10.7. The van der Waals surface area contributed by atoms with E-state index in [0.29, 0.717) is 19.2 Å². The van der Waals surface area contributed by atoms with Crippen molar-refractivity contribution in [1.82, 2.24) is 5.32 Å². The fraction of sp³-hybridized carbons (Fsp3) is 0.429. The third kappa shape index (κ3) is 4.03. The smallest absolute Gasteiger partial charge is 0.124 e. The quantitative estimate of drug-likeness (QED) is 0.756. The van der Waals surface area contributed by atoms with E-state index in [9.17, 15) is 5.11 Å². The summed E-state index contributed by atoms with van der Waals surface area (Å²) >= 11 is 0. The van der Waals surface area contributed by atoms with Crippen LogP contribution in [0.2, 0.25) is 0 Å². The Balaban J connectivity index is 1.81. The number of rotatable bonds is 6. The molecule has 0 spiro atoms. The molecule has 0 saturated heterocycles. The van der Waals surface area contributed by atoms with E-state index in [-0.39, 0.29) is 6.04 Å². The summed E-state index contributed by atoms with van der Waals surface area (Å²) in [5.41, 5.74) is 10.3. The molecular formula is C21H28N2O2. The van der Waals surface area contributed by atoms with Crippen molar-refractivity contribution < 1.29 is 9.84 Å². The molecule has 1 aliphatic rings. The van der Waals surface area contributed by atoms with Crippen LogP contribution in [0.25, 0.3) is 0 Å². The molecule has 0 radical (unpaired) electrons. The van der Waals surface area contributed by atoms with Crippen molar-refractivity contribution in [3.8, 4) is 5.75 Å². The molecule has 2 aromatic carbocycles. The average Bonchev–Trinajstić information content (AvgIpc) is 2.62. The van der Waals surface area contributed by atoms with E-state index in [1.165, 1.54) is 0 Å². The van der Waals surface area contributed by atoms with E-state index in [2.05, 4.69) is 19.2 Å². The Bertz CT molecular complexity index is 701. The monoisotopic (exact) mass is 340 g/mol. The van der Waals surface area contributed by atoms with Gasteiger partial charge < -0.3 is 20.9 Å². The lowest BCUT2D eigenvalue weighted by Gasteiger charge is -2.33. The summed E-state index contributed by atoms with van der Waals surface area (Å²) in [6, 6.07) is 14.5. The topological polar surface area (TPSA) is 67.5 Å². The second-order valence-electron chi connectivity index (χ2n) is 7.00. The lowest BCUT2D eigenvalue weighted by Crippen LogP contribution is -2.42. The highest BCUT2D eigenvalue weighted by molar-refractivity contribution is 5.48. The zero-order chi connectivity index (χ0) is 17.8. The number of hydrogen-bond donors (Lipinski definition) is 3. The number of hydrogen-bond acceptors (Lipinski definition) is 4. The number of aliphatic hydroxyl groups is 1. The summed E-state index contributed by atoms with van der Waals surface area (Å²) < 4.78 is 6.03. The van der Waals surface area contributed by atoms with E-state index < -0.39 is 6.10 Å². The van der Waals surface area contributed by atoms with Crippen molar-refractivity contribution in [1.29, 1.82) is 0 Å². The highest BCUT2D eigenvalue weighted by Crippen LogP contribution is 2.36. The van der Waals surface area contributed by atoms with Gasteiger partial charge in [-0.2, -0.15) is 0 Å². The average molecular weight is 340 g/mol. The van der Waals surface area contributed by atoms with Crippen LogP contribution in [0.15, 0.2) is 42.5 Å². The molecule has 0 fully saturated rings. The van der Waals surface area contributed by atoms with Crippen LogP contribution >= 0.6 is 0 Å². The molecule has 0 heterocycles. The van der Waals surface area contributed by atoms with Gasteiger partial charge in [-0.1, -0.05) is 50.2 Å². The zero-order valence-electron chi connectivity index (χ0n) is 15.0. The largest absolute Gasteiger partial charge is 0.489 e. The van der Waals surface area contributed by atoms with Crippen LogP contribution in [0.1, 0.15) is 48.6 Å². The summed E-state index contributed by atoms with van der Waals surface area (Å²) in [7, 11) is 0. The first-order chi connectivity index (χ1) is 12.1. The van der Waals surface area contributed by atoms with Gasteiger partial charge in [-0.25, -0.2) is 0 Å². The van der Waals surface area contributed by atoms with Gasteiger partial charge in [0.15, 0.2) is 0 Å². The van der Waals surface area contributed by atoms with Crippen molar-refractivity contribution >= 4 is 0 Å². The first-order valence-corrected chi connectivity index (χ1v) is 9.05. The van der Waals surface area contributed by atoms with Gasteiger partial charge in [0.1, 0.15) is 12.4 Å². The van der Waals surface area contributed by atoms with Gasteiger partial charge in [-0.3, -0.25) is 0 Å². The van der Waals surface area contributed by atoms with Crippen LogP contribution in [-0.2, 0) is 19.6 Å². The van der Waals surface area contributed by atoms with E-state index in [1.54, 1.807) is 0 Å². The minimum absolute atomic E-state index is 0.0919. The lowest BCUT2D eigenvalue weighted by atomic mass is 9.82. The molecule has 2 atom stereocenters. The summed E-state index contributed by atoms with van der Waals surface area (Å²) in [5.74, 6) is 0.826. The summed E-state index contributed by atoms with van der Waals surface area (Å²) in [6.07, 6.45) is 1.31. The Labute approximate surface area is 150 Å². The van der Waals surface area contributed by atoms with E-state index in [1.807, 2.05) is 42.5 Å². The first-order valence-electron chi connectivity index (χ1n) is 9.05. The summed E-state index contributed by atoms with van der Waals surface area (Å²) in [6.45, 7) is 5.15. The molecule has 3 rings (SSSR count). The minimum Gasteiger partial charge on any atom is -0.489 e. The molecule has 4 nitrogen and oxygen atoms in total. The standard InChI is InChI=1S/C21H28N2O2/c1-14(2)23-19-10-8-16-17(21(19)24)9-11-20(18(16)12-22)25-13-15-6-4-3-5-7-15/h3-7,9,11,14,19,21,23-24H,8,10,12-13,22H2,1-2H3. The summed E-state index contributed by atoms with van der Waals surface area (Å²) in [5, 5.41) is 14.2. The predicted molar refractivity (Wildman–Crippen MR) is 100 cm³/mol. The fourth-order valence-electron chi connectivity index (χ4n) is 3.63. The summed E-state index contributed by atoms with van der Waals surface area (Å²) in [4.78, 5) is 0. The number of nitrogens with two attached hydrogens (primary N) is 1. The maximum atomic E-state index is 10.7. The Morgan fingerprint density at radius 1 is 1.20 bits per heavy atom. The molecule has 4 heteroatoms. The number of ether oxygens (including phenoxy) is 1. The predicted octanol–water partition coefficient (Wildman–Crippen LogP) is 3.07. The highest BCUT2D eigenvalue weighted by Gasteiger charge is 2.30. The molecule has 25 heavy (non-hydrogen) atoms. The number of nitrogens with one attached hydrogen (secondary N) is 1. The van der Waals surface area contributed by atoms with Crippen LogP contribution in [0, 0.1) is 0 Å². The van der Waals surface area contributed by atoms with Crippen molar-refractivity contribution in [2.24, 2.45) is 5.73 Å². The Kier molecular flexibility index (Phi) is 5.74. The van der Waals surface area contributed by atoms with E-state index >= 15 is 0 Å². The Morgan fingerprint density at radius 2 is 1.96 bits per heavy atom. The van der Waals surface area contributed by atoms with Gasteiger partial charge >= 0.3 is 0 Å². The fourth-order valence-corrected chi connectivity index (χ4v) is 3.63. The number of fused-ring (bicyclic) bond motifs is 1. The lowest BCUT2D eigenvalue weighted by molar-refractivity contribution is 0.110. The van der Waals surface area contributed by atoms with Crippen molar-refractivity contribution in [2.45, 2.75) is 58.0 Å². The van der Waals surface area contributed by atoms with Crippen molar-refractivity contribution in [3.63, 3.8) is 0 Å². The second kappa shape index (κ2) is 8.00. The van der Waals surface area contributed by atoms with Gasteiger partial charge in [-0.05, 0) is 35.6 Å². The van der Waals surface area contributed by atoms with Gasteiger partial charge in [0.25, 0.3) is 0 Å². The molecule has 0 bridgehead atoms. The SMILES string of the molecule is CC(C)NC1CCc2c(ccc(OCc3ccccc3)c2CN)C1O. The van der Waals surface area contributed by atoms with Gasteiger partial charge in [0, 0.05) is 24.2 Å². The van der Waals surface area contributed by atoms with Crippen LogP contribution in [0.4, 0.5) is 0 Å². The molecule has 1 aliphatic carbocycles. The molecule has 0 aliphatic heterocycles. The normalized spacial score (nSPS) is 19.7. The Hall–Kier alpha value is -1.88. The van der Waals surface area contributed by atoms with Gasteiger partial charge in [0.2, 0.25) is 0 Å². The highest BCUT2D eigenvalue weighted by atomic mass is 16.5. The van der Waals surface area contributed by atoms with Gasteiger partial charge in [-0.15, -0.1) is 0 Å². The molecular weight excluding hydrogens is 312 g/mol. The first kappa shape index (κ1) is 17.9. The van der Waals surface area contributed by atoms with E-state index in [4.69, 9.17) is 10.5 Å². The molecule has 0 aromatic heterocycles. The van der Waals surface area contributed by atoms with Crippen molar-refractivity contribution in [2.75, 3.05) is 0 Å². The maximum Gasteiger partial charge on any atom is 0.124 e. The van der Waals surface area contributed by atoms with Gasteiger partial charge in [0.05, 0.1) is 6.10 Å². The third-order valence-electron chi connectivity index (χ3n) is 4.82. The van der Waals surface area contributed by atoms with E-state index in [0.717, 1.165) is 40.8 Å². The molecule has 0 amide bonds. The van der Waals surface area contributed by atoms with Crippen LogP contribution in [-0.4, -0.2) is 17.2 Å². The molecule has 4 N–H and O–H groups in total. The van der Waals surface area contributed by atoms with Crippen LogP contribution in [0.5, 0.6) is 5.75 Å². The Morgan fingerprint density at radius 3 is 2.64 bits per heavy atom. The minimum atomic E-state index is -0.500. The van der Waals surface area contributed by atoms with Crippen molar-refractivity contribution in [3.05, 3.63) is 64.7 Å². The zero-order valence-corrected chi connectivity index (χ0v) is 15.0. The molecule has 0 saturated carbocycles. The molecule has 2 aromatic rings. The molecule has 2 unspecified atom stereocenters. The van der Waals surface area contributed by atoms with Crippen LogP contribution in [0.3, 0.4) is 0 Å².